The Morgan fingerprint density at radius 2 is 2.26 bits per heavy atom. The molecule has 1 fully saturated rings. The molecule has 2 N–H and O–H groups in total. The van der Waals surface area contributed by atoms with Crippen molar-refractivity contribution in [1.29, 1.82) is 0 Å². The lowest BCUT2D eigenvalue weighted by Gasteiger charge is -2.25. The molecule has 1 amide bonds. The van der Waals surface area contributed by atoms with E-state index >= 15 is 0 Å². The number of hydrogen-bond acceptors (Lipinski definition) is 5. The molecule has 1 aromatic heterocycles. The van der Waals surface area contributed by atoms with Gasteiger partial charge in [-0.1, -0.05) is 0 Å². The Kier molecular flexibility index (Phi) is 5.40. The van der Waals surface area contributed by atoms with E-state index in [-0.39, 0.29) is 12.0 Å². The Bertz CT molecular complexity index is 781. The third-order valence-corrected chi connectivity index (χ3v) is 5.19. The minimum atomic E-state index is 0.0591. The van der Waals surface area contributed by atoms with Gasteiger partial charge in [-0.3, -0.25) is 9.69 Å². The van der Waals surface area contributed by atoms with Gasteiger partial charge in [-0.15, -0.1) is 0 Å². The highest BCUT2D eigenvalue weighted by Crippen LogP contribution is 2.24. The van der Waals surface area contributed by atoms with Crippen LogP contribution < -0.4 is 10.1 Å². The molecule has 2 aliphatic rings. The Hall–Kier alpha value is -2.38. The Balaban J connectivity index is 1.33. The highest BCUT2D eigenvalue weighted by Gasteiger charge is 2.23. The van der Waals surface area contributed by atoms with Crippen LogP contribution in [0.1, 0.15) is 24.2 Å². The van der Waals surface area contributed by atoms with E-state index in [2.05, 4.69) is 15.2 Å². The molecule has 1 atom stereocenters. The van der Waals surface area contributed by atoms with Gasteiger partial charge in [0.2, 0.25) is 5.91 Å². The summed E-state index contributed by atoms with van der Waals surface area (Å²) in [6.07, 6.45) is 3.16. The monoisotopic (exact) mass is 370 g/mol. The zero-order valence-corrected chi connectivity index (χ0v) is 15.7. The number of rotatable bonds is 6. The molecule has 7 nitrogen and oxygen atoms in total. The maximum absolute atomic E-state index is 12.2. The average Bonchev–Trinajstić information content (AvgIpc) is 3.36. The summed E-state index contributed by atoms with van der Waals surface area (Å²) in [5.74, 6) is 1.76. The first kappa shape index (κ1) is 18.0. The molecule has 3 heterocycles. The van der Waals surface area contributed by atoms with Crippen molar-refractivity contribution in [3.63, 3.8) is 0 Å². The summed E-state index contributed by atoms with van der Waals surface area (Å²) in [5, 5.41) is 2.99. The molecule has 0 unspecified atom stereocenters. The van der Waals surface area contributed by atoms with Crippen molar-refractivity contribution < 1.29 is 14.3 Å². The van der Waals surface area contributed by atoms with Gasteiger partial charge in [-0.2, -0.15) is 0 Å². The van der Waals surface area contributed by atoms with Crippen LogP contribution in [-0.4, -0.2) is 60.2 Å². The molecule has 0 radical (unpaired) electrons. The maximum atomic E-state index is 12.2. The van der Waals surface area contributed by atoms with Crippen molar-refractivity contribution in [3.05, 3.63) is 35.7 Å². The fourth-order valence-electron chi connectivity index (χ4n) is 3.66. The topological polar surface area (TPSA) is 79.5 Å². The van der Waals surface area contributed by atoms with E-state index in [1.807, 2.05) is 24.3 Å². The molecule has 2 aliphatic heterocycles. The Morgan fingerprint density at radius 3 is 3.00 bits per heavy atom. The van der Waals surface area contributed by atoms with Crippen LogP contribution in [-0.2, 0) is 22.5 Å². The molecule has 27 heavy (non-hydrogen) atoms. The number of hydrogen-bond donors (Lipinski definition) is 2. The summed E-state index contributed by atoms with van der Waals surface area (Å²) >= 11 is 0. The molecule has 0 saturated carbocycles. The summed E-state index contributed by atoms with van der Waals surface area (Å²) < 4.78 is 10.8. The van der Waals surface area contributed by atoms with Crippen LogP contribution in [0.15, 0.2) is 24.3 Å². The highest BCUT2D eigenvalue weighted by atomic mass is 16.5. The third kappa shape index (κ3) is 4.31. The standard InChI is InChI=1S/C20H26N4O3/c1-26-15-6-4-14(5-7-15)20-22-17-8-9-24(12-18(17)23-20)13-19(25)21-11-16-3-2-10-27-16/h4-7,16H,2-3,8-13H2,1H3,(H,21,25)(H,22,23)/t16-/m0/s1. The molecular formula is C20H26N4O3. The summed E-state index contributed by atoms with van der Waals surface area (Å²) in [6, 6.07) is 7.86. The van der Waals surface area contributed by atoms with Crippen molar-refractivity contribution in [3.8, 4) is 17.1 Å². The van der Waals surface area contributed by atoms with Gasteiger partial charge in [0.1, 0.15) is 11.6 Å². The van der Waals surface area contributed by atoms with Crippen LogP contribution in [0.4, 0.5) is 0 Å². The minimum absolute atomic E-state index is 0.0591. The molecular weight excluding hydrogens is 344 g/mol. The number of nitrogens with one attached hydrogen (secondary N) is 2. The molecule has 0 spiro atoms. The first-order valence-electron chi connectivity index (χ1n) is 9.54. The van der Waals surface area contributed by atoms with E-state index < -0.39 is 0 Å². The van der Waals surface area contributed by atoms with Crippen LogP contribution in [0.3, 0.4) is 0 Å². The van der Waals surface area contributed by atoms with Crippen molar-refractivity contribution in [1.82, 2.24) is 20.2 Å². The normalized spacial score (nSPS) is 19.7. The van der Waals surface area contributed by atoms with Crippen LogP contribution in [0.5, 0.6) is 5.75 Å². The fourth-order valence-corrected chi connectivity index (χ4v) is 3.66. The lowest BCUT2D eigenvalue weighted by atomic mass is 10.1. The average molecular weight is 370 g/mol. The van der Waals surface area contributed by atoms with Crippen molar-refractivity contribution in [2.45, 2.75) is 31.9 Å². The Morgan fingerprint density at radius 1 is 1.41 bits per heavy atom. The Labute approximate surface area is 159 Å². The van der Waals surface area contributed by atoms with Crippen molar-refractivity contribution >= 4 is 5.91 Å². The van der Waals surface area contributed by atoms with Gasteiger partial charge in [0.25, 0.3) is 0 Å². The first-order chi connectivity index (χ1) is 13.2. The van der Waals surface area contributed by atoms with Gasteiger partial charge in [0, 0.05) is 38.2 Å². The number of nitrogens with zero attached hydrogens (tertiary/aromatic N) is 2. The third-order valence-electron chi connectivity index (χ3n) is 5.19. The van der Waals surface area contributed by atoms with Crippen LogP contribution >= 0.6 is 0 Å². The molecule has 2 aromatic rings. The van der Waals surface area contributed by atoms with Gasteiger partial charge in [0.05, 0.1) is 31.1 Å². The van der Waals surface area contributed by atoms with Gasteiger partial charge in [-0.25, -0.2) is 4.98 Å². The summed E-state index contributed by atoms with van der Waals surface area (Å²) in [6.45, 7) is 3.39. The number of carbonyl (C=O) groups is 1. The number of aromatic nitrogens is 2. The summed E-state index contributed by atoms with van der Waals surface area (Å²) in [4.78, 5) is 22.5. The zero-order chi connectivity index (χ0) is 18.6. The summed E-state index contributed by atoms with van der Waals surface area (Å²) in [5.41, 5.74) is 3.22. The predicted molar refractivity (Wildman–Crippen MR) is 102 cm³/mol. The molecule has 0 bridgehead atoms. The second kappa shape index (κ2) is 8.10. The number of ether oxygens (including phenoxy) is 2. The van der Waals surface area contributed by atoms with E-state index in [9.17, 15) is 4.79 Å². The van der Waals surface area contributed by atoms with Gasteiger partial charge in [-0.05, 0) is 37.1 Å². The number of H-pyrrole nitrogens is 1. The maximum Gasteiger partial charge on any atom is 0.234 e. The number of fused-ring (bicyclic) bond motifs is 1. The van der Waals surface area contributed by atoms with Gasteiger partial charge in [0.15, 0.2) is 0 Å². The van der Waals surface area contributed by atoms with Crippen LogP contribution in [0.2, 0.25) is 0 Å². The van der Waals surface area contributed by atoms with E-state index in [0.29, 0.717) is 19.6 Å². The number of carbonyl (C=O) groups excluding carboxylic acids is 1. The number of methoxy groups -OCH3 is 1. The minimum Gasteiger partial charge on any atom is -0.497 e. The number of benzene rings is 1. The molecule has 1 saturated heterocycles. The number of amides is 1. The lowest BCUT2D eigenvalue weighted by Crippen LogP contribution is -2.42. The highest BCUT2D eigenvalue weighted by molar-refractivity contribution is 5.78. The molecule has 7 heteroatoms. The molecule has 1 aromatic carbocycles. The van der Waals surface area contributed by atoms with Crippen LogP contribution in [0.25, 0.3) is 11.4 Å². The first-order valence-corrected chi connectivity index (χ1v) is 9.54. The quantitative estimate of drug-likeness (QED) is 0.810. The fraction of sp³-hybridized carbons (Fsp3) is 0.500. The second-order valence-electron chi connectivity index (χ2n) is 7.14. The zero-order valence-electron chi connectivity index (χ0n) is 15.7. The van der Waals surface area contributed by atoms with Gasteiger partial charge >= 0.3 is 0 Å². The smallest absolute Gasteiger partial charge is 0.234 e. The molecule has 0 aliphatic carbocycles. The number of aromatic amines is 1. The van der Waals surface area contributed by atoms with Crippen molar-refractivity contribution in [2.24, 2.45) is 0 Å². The van der Waals surface area contributed by atoms with Crippen LogP contribution in [0, 0.1) is 0 Å². The predicted octanol–water partition coefficient (Wildman–Crippen LogP) is 1.74. The second-order valence-corrected chi connectivity index (χ2v) is 7.14. The largest absolute Gasteiger partial charge is 0.497 e. The number of imidazole rings is 1. The van der Waals surface area contributed by atoms with Crippen molar-refractivity contribution in [2.75, 3.05) is 33.4 Å². The summed E-state index contributed by atoms with van der Waals surface area (Å²) in [7, 11) is 1.66. The molecule has 144 valence electrons. The van der Waals surface area contributed by atoms with E-state index in [4.69, 9.17) is 14.5 Å². The van der Waals surface area contributed by atoms with Gasteiger partial charge < -0.3 is 19.8 Å². The van der Waals surface area contributed by atoms with E-state index in [1.54, 1.807) is 7.11 Å². The SMILES string of the molecule is COc1ccc(-c2nc3c([nH]2)CN(CC(=O)NC[C@@H]2CCCO2)CC3)cc1. The van der Waals surface area contributed by atoms with E-state index in [1.165, 1.54) is 0 Å². The molecule has 4 rings (SSSR count). The lowest BCUT2D eigenvalue weighted by molar-refractivity contribution is -0.123. The van der Waals surface area contributed by atoms with E-state index in [0.717, 1.165) is 60.9 Å².